The SMILES string of the molecule is COc1ccc(N)c(C(=O)N2CCCC(C)C2)c1. The van der Waals surface area contributed by atoms with Crippen molar-refractivity contribution in [2.75, 3.05) is 25.9 Å². The zero-order valence-electron chi connectivity index (χ0n) is 11.0. The lowest BCUT2D eigenvalue weighted by atomic mass is 9.99. The number of carbonyl (C=O) groups excluding carboxylic acids is 1. The lowest BCUT2D eigenvalue weighted by Crippen LogP contribution is -2.39. The Morgan fingerprint density at radius 1 is 1.50 bits per heavy atom. The fraction of sp³-hybridized carbons (Fsp3) is 0.500. The molecular formula is C14H20N2O2. The van der Waals surface area contributed by atoms with Crippen LogP contribution in [0.2, 0.25) is 0 Å². The molecule has 4 heteroatoms. The summed E-state index contributed by atoms with van der Waals surface area (Å²) in [6.45, 7) is 3.81. The summed E-state index contributed by atoms with van der Waals surface area (Å²) in [5, 5.41) is 0. The smallest absolute Gasteiger partial charge is 0.256 e. The van der Waals surface area contributed by atoms with Gasteiger partial charge in [-0.2, -0.15) is 0 Å². The number of nitrogens with two attached hydrogens (primary N) is 1. The first-order chi connectivity index (χ1) is 8.61. The maximum atomic E-state index is 12.4. The van der Waals surface area contributed by atoms with Gasteiger partial charge < -0.3 is 15.4 Å². The summed E-state index contributed by atoms with van der Waals surface area (Å²) in [6, 6.07) is 5.21. The molecule has 2 N–H and O–H groups in total. The minimum Gasteiger partial charge on any atom is -0.497 e. The number of benzene rings is 1. The first kappa shape index (κ1) is 12.7. The number of nitrogen functional groups attached to an aromatic ring is 1. The summed E-state index contributed by atoms with van der Waals surface area (Å²) in [5.41, 5.74) is 6.94. The van der Waals surface area contributed by atoms with E-state index in [0.717, 1.165) is 19.5 Å². The summed E-state index contributed by atoms with van der Waals surface area (Å²) in [5.74, 6) is 1.24. The highest BCUT2D eigenvalue weighted by Crippen LogP contribution is 2.23. The fourth-order valence-corrected chi connectivity index (χ4v) is 2.39. The number of methoxy groups -OCH3 is 1. The van der Waals surface area contributed by atoms with Crippen molar-refractivity contribution in [2.45, 2.75) is 19.8 Å². The molecule has 1 aliphatic heterocycles. The van der Waals surface area contributed by atoms with Gasteiger partial charge in [0.15, 0.2) is 0 Å². The van der Waals surface area contributed by atoms with Crippen LogP contribution >= 0.6 is 0 Å². The molecule has 98 valence electrons. The van der Waals surface area contributed by atoms with Crippen LogP contribution in [0.15, 0.2) is 18.2 Å². The number of piperidine rings is 1. The number of carbonyl (C=O) groups is 1. The van der Waals surface area contributed by atoms with Gasteiger partial charge in [-0.05, 0) is 37.0 Å². The average Bonchev–Trinajstić information content (AvgIpc) is 2.38. The Labute approximate surface area is 108 Å². The number of rotatable bonds is 2. The van der Waals surface area contributed by atoms with E-state index >= 15 is 0 Å². The predicted octanol–water partition coefficient (Wildman–Crippen LogP) is 2.15. The average molecular weight is 248 g/mol. The van der Waals surface area contributed by atoms with Gasteiger partial charge in [0.2, 0.25) is 0 Å². The van der Waals surface area contributed by atoms with E-state index in [1.165, 1.54) is 6.42 Å². The molecule has 0 aromatic heterocycles. The minimum atomic E-state index is 0.0120. The van der Waals surface area contributed by atoms with Crippen LogP contribution in [0.3, 0.4) is 0 Å². The molecule has 1 amide bonds. The van der Waals surface area contributed by atoms with Crippen LogP contribution in [0.1, 0.15) is 30.1 Å². The van der Waals surface area contributed by atoms with Crippen molar-refractivity contribution in [1.29, 1.82) is 0 Å². The van der Waals surface area contributed by atoms with Crippen LogP contribution in [0.4, 0.5) is 5.69 Å². The van der Waals surface area contributed by atoms with Gasteiger partial charge in [0.05, 0.1) is 12.7 Å². The van der Waals surface area contributed by atoms with Gasteiger partial charge in [0.25, 0.3) is 5.91 Å². The van der Waals surface area contributed by atoms with Crippen molar-refractivity contribution in [1.82, 2.24) is 4.90 Å². The maximum absolute atomic E-state index is 12.4. The Kier molecular flexibility index (Phi) is 3.75. The van der Waals surface area contributed by atoms with Crippen molar-refractivity contribution in [2.24, 2.45) is 5.92 Å². The van der Waals surface area contributed by atoms with Crippen LogP contribution < -0.4 is 10.5 Å². The second-order valence-corrected chi connectivity index (χ2v) is 4.95. The van der Waals surface area contributed by atoms with E-state index in [9.17, 15) is 4.79 Å². The number of likely N-dealkylation sites (tertiary alicyclic amines) is 1. The molecule has 1 heterocycles. The summed E-state index contributed by atoms with van der Waals surface area (Å²) >= 11 is 0. The summed E-state index contributed by atoms with van der Waals surface area (Å²) in [4.78, 5) is 14.3. The van der Waals surface area contributed by atoms with Crippen LogP contribution in [-0.4, -0.2) is 31.0 Å². The number of amides is 1. The summed E-state index contributed by atoms with van der Waals surface area (Å²) in [6.07, 6.45) is 2.26. The third kappa shape index (κ3) is 2.58. The van der Waals surface area contributed by atoms with Crippen LogP contribution in [0.5, 0.6) is 5.75 Å². The molecule has 0 saturated carbocycles. The molecule has 1 atom stereocenters. The summed E-state index contributed by atoms with van der Waals surface area (Å²) < 4.78 is 5.14. The standard InChI is InChI=1S/C14H20N2O2/c1-10-4-3-7-16(9-10)14(17)12-8-11(18-2)5-6-13(12)15/h5-6,8,10H,3-4,7,9,15H2,1-2H3. The second-order valence-electron chi connectivity index (χ2n) is 4.95. The zero-order valence-corrected chi connectivity index (χ0v) is 11.0. The van der Waals surface area contributed by atoms with E-state index in [1.807, 2.05) is 4.90 Å². The Bertz CT molecular complexity index is 445. The van der Waals surface area contributed by atoms with E-state index in [-0.39, 0.29) is 5.91 Å². The van der Waals surface area contributed by atoms with Gasteiger partial charge >= 0.3 is 0 Å². The van der Waals surface area contributed by atoms with Crippen molar-refractivity contribution < 1.29 is 9.53 Å². The number of hydrogen-bond acceptors (Lipinski definition) is 3. The van der Waals surface area contributed by atoms with Crippen molar-refractivity contribution in [3.63, 3.8) is 0 Å². The Balaban J connectivity index is 2.22. The highest BCUT2D eigenvalue weighted by Gasteiger charge is 2.23. The largest absolute Gasteiger partial charge is 0.497 e. The van der Waals surface area contributed by atoms with Crippen molar-refractivity contribution in [3.8, 4) is 5.75 Å². The molecule has 0 radical (unpaired) electrons. The van der Waals surface area contributed by atoms with E-state index < -0.39 is 0 Å². The van der Waals surface area contributed by atoms with Crippen molar-refractivity contribution in [3.05, 3.63) is 23.8 Å². The lowest BCUT2D eigenvalue weighted by Gasteiger charge is -2.31. The topological polar surface area (TPSA) is 55.6 Å². The maximum Gasteiger partial charge on any atom is 0.256 e. The quantitative estimate of drug-likeness (QED) is 0.816. The predicted molar refractivity (Wildman–Crippen MR) is 71.7 cm³/mol. The Morgan fingerprint density at radius 2 is 2.28 bits per heavy atom. The van der Waals surface area contributed by atoms with E-state index in [0.29, 0.717) is 22.9 Å². The number of hydrogen-bond donors (Lipinski definition) is 1. The third-order valence-corrected chi connectivity index (χ3v) is 3.44. The lowest BCUT2D eigenvalue weighted by molar-refractivity contribution is 0.0684. The zero-order chi connectivity index (χ0) is 13.1. The Morgan fingerprint density at radius 3 is 2.94 bits per heavy atom. The molecule has 1 aliphatic rings. The first-order valence-electron chi connectivity index (χ1n) is 6.34. The molecule has 0 bridgehead atoms. The molecule has 1 fully saturated rings. The molecule has 1 aromatic rings. The summed E-state index contributed by atoms with van der Waals surface area (Å²) in [7, 11) is 1.59. The fourth-order valence-electron chi connectivity index (χ4n) is 2.39. The van der Waals surface area contributed by atoms with Crippen LogP contribution in [0, 0.1) is 5.92 Å². The van der Waals surface area contributed by atoms with Gasteiger partial charge in [-0.15, -0.1) is 0 Å². The molecule has 0 spiro atoms. The molecule has 18 heavy (non-hydrogen) atoms. The molecule has 2 rings (SSSR count). The number of ether oxygens (including phenoxy) is 1. The molecule has 1 saturated heterocycles. The van der Waals surface area contributed by atoms with E-state index in [1.54, 1.807) is 25.3 Å². The molecule has 1 unspecified atom stereocenters. The van der Waals surface area contributed by atoms with E-state index in [4.69, 9.17) is 10.5 Å². The highest BCUT2D eigenvalue weighted by atomic mass is 16.5. The monoisotopic (exact) mass is 248 g/mol. The van der Waals surface area contributed by atoms with Crippen LogP contribution in [-0.2, 0) is 0 Å². The van der Waals surface area contributed by atoms with E-state index in [2.05, 4.69) is 6.92 Å². The third-order valence-electron chi connectivity index (χ3n) is 3.44. The molecule has 0 aliphatic carbocycles. The number of nitrogens with zero attached hydrogens (tertiary/aromatic N) is 1. The van der Waals surface area contributed by atoms with Crippen LogP contribution in [0.25, 0.3) is 0 Å². The molecule has 4 nitrogen and oxygen atoms in total. The first-order valence-corrected chi connectivity index (χ1v) is 6.34. The Hall–Kier alpha value is -1.71. The van der Waals surface area contributed by atoms with Gasteiger partial charge in [0, 0.05) is 18.8 Å². The van der Waals surface area contributed by atoms with Gasteiger partial charge in [-0.3, -0.25) is 4.79 Å². The minimum absolute atomic E-state index is 0.0120. The molecule has 1 aromatic carbocycles. The number of anilines is 1. The van der Waals surface area contributed by atoms with Crippen molar-refractivity contribution >= 4 is 11.6 Å². The second kappa shape index (κ2) is 5.29. The highest BCUT2D eigenvalue weighted by molar-refractivity contribution is 5.99. The molecular weight excluding hydrogens is 228 g/mol. The normalized spacial score (nSPS) is 19.7. The van der Waals surface area contributed by atoms with Gasteiger partial charge in [-0.1, -0.05) is 6.92 Å². The van der Waals surface area contributed by atoms with Gasteiger partial charge in [-0.25, -0.2) is 0 Å². The van der Waals surface area contributed by atoms with Gasteiger partial charge in [0.1, 0.15) is 5.75 Å².